The maximum Gasteiger partial charge on any atom is 0.331 e. The third-order valence-electron chi connectivity index (χ3n) is 3.35. The van der Waals surface area contributed by atoms with Crippen LogP contribution in [0.5, 0.6) is 0 Å². The first kappa shape index (κ1) is 16.3. The van der Waals surface area contributed by atoms with E-state index in [1.54, 1.807) is 10.8 Å². The second kappa shape index (κ2) is 7.78. The second-order valence-electron chi connectivity index (χ2n) is 5.13. The average molecular weight is 343 g/mol. The Balaban J connectivity index is 1.56. The fourth-order valence-electron chi connectivity index (χ4n) is 2.09. The van der Waals surface area contributed by atoms with Gasteiger partial charge in [-0.15, -0.1) is 16.4 Å². The molecule has 3 rings (SSSR count). The van der Waals surface area contributed by atoms with Crippen molar-refractivity contribution in [2.45, 2.75) is 32.9 Å². The Labute approximate surface area is 143 Å². The molecule has 0 fully saturated rings. The third-order valence-corrected chi connectivity index (χ3v) is 4.35. The number of unbranched alkanes of at least 4 members (excludes halogenated alkanes) is 1. The molecule has 124 valence electrons. The van der Waals surface area contributed by atoms with Gasteiger partial charge in [-0.05, 0) is 35.1 Å². The number of esters is 1. The van der Waals surface area contributed by atoms with E-state index in [1.165, 1.54) is 17.4 Å². The lowest BCUT2D eigenvalue weighted by molar-refractivity contribution is -0.139. The van der Waals surface area contributed by atoms with E-state index < -0.39 is 5.97 Å². The molecule has 2 aromatic heterocycles. The van der Waals surface area contributed by atoms with E-state index >= 15 is 0 Å². The molecule has 0 bridgehead atoms. The van der Waals surface area contributed by atoms with Gasteiger partial charge in [0.05, 0.1) is 10.2 Å². The van der Waals surface area contributed by atoms with Crippen molar-refractivity contribution in [3.8, 4) is 0 Å². The first-order valence-electron chi connectivity index (χ1n) is 7.71. The van der Waals surface area contributed by atoms with Crippen LogP contribution in [0.25, 0.3) is 16.3 Å². The molecule has 0 saturated carbocycles. The van der Waals surface area contributed by atoms with Crippen LogP contribution in [-0.2, 0) is 22.7 Å². The van der Waals surface area contributed by atoms with Crippen molar-refractivity contribution in [3.63, 3.8) is 0 Å². The first-order valence-corrected chi connectivity index (χ1v) is 8.53. The molecule has 3 aromatic rings. The van der Waals surface area contributed by atoms with Crippen molar-refractivity contribution in [1.29, 1.82) is 0 Å². The zero-order valence-corrected chi connectivity index (χ0v) is 14.1. The van der Waals surface area contributed by atoms with Gasteiger partial charge in [0.2, 0.25) is 0 Å². The number of aromatic nitrogens is 5. The summed E-state index contributed by atoms with van der Waals surface area (Å²) < 4.78 is 7.94. The van der Waals surface area contributed by atoms with Gasteiger partial charge in [0.15, 0.2) is 12.4 Å². The van der Waals surface area contributed by atoms with Crippen molar-refractivity contribution < 1.29 is 9.53 Å². The van der Waals surface area contributed by atoms with E-state index in [2.05, 4.69) is 27.4 Å². The molecule has 0 radical (unpaired) electrons. The molecule has 8 heteroatoms. The van der Waals surface area contributed by atoms with Gasteiger partial charge in [-0.3, -0.25) is 0 Å². The van der Waals surface area contributed by atoms with Gasteiger partial charge < -0.3 is 4.74 Å². The van der Waals surface area contributed by atoms with Crippen molar-refractivity contribution in [1.82, 2.24) is 25.2 Å². The molecular weight excluding hydrogens is 326 g/mol. The van der Waals surface area contributed by atoms with Gasteiger partial charge in [-0.2, -0.15) is 0 Å². The molecule has 0 unspecified atom stereocenters. The summed E-state index contributed by atoms with van der Waals surface area (Å²) in [6.07, 6.45) is 5.05. The lowest BCUT2D eigenvalue weighted by atomic mass is 10.3. The lowest BCUT2D eigenvalue weighted by Crippen LogP contribution is -2.09. The van der Waals surface area contributed by atoms with Gasteiger partial charge in [-0.25, -0.2) is 14.5 Å². The zero-order chi connectivity index (χ0) is 16.8. The standard InChI is InChI=1S/C16H17N5O2S/c1-2-3-10-21-14(18-19-20-21)11-23-16(22)9-8-15-17-12-6-4-5-7-13(12)24-15/h4-9H,2-3,10-11H2,1H3/b9-8+. The number of benzene rings is 1. The largest absolute Gasteiger partial charge is 0.454 e. The lowest BCUT2D eigenvalue weighted by Gasteiger charge is -2.03. The van der Waals surface area contributed by atoms with E-state index in [-0.39, 0.29) is 6.61 Å². The van der Waals surface area contributed by atoms with Crippen LogP contribution in [0.4, 0.5) is 0 Å². The zero-order valence-electron chi connectivity index (χ0n) is 13.3. The molecule has 2 heterocycles. The number of carbonyl (C=O) groups is 1. The van der Waals surface area contributed by atoms with Crippen molar-refractivity contribution in [3.05, 3.63) is 41.2 Å². The van der Waals surface area contributed by atoms with E-state index in [1.807, 2.05) is 24.3 Å². The molecule has 24 heavy (non-hydrogen) atoms. The molecule has 0 aliphatic heterocycles. The number of ether oxygens (including phenoxy) is 1. The van der Waals surface area contributed by atoms with E-state index in [0.29, 0.717) is 5.82 Å². The second-order valence-corrected chi connectivity index (χ2v) is 6.19. The van der Waals surface area contributed by atoms with Crippen LogP contribution in [0, 0.1) is 0 Å². The van der Waals surface area contributed by atoms with Crippen molar-refractivity contribution in [2.75, 3.05) is 0 Å². The Bertz CT molecular complexity index is 822. The Morgan fingerprint density at radius 3 is 3.08 bits per heavy atom. The van der Waals surface area contributed by atoms with Gasteiger partial charge >= 0.3 is 5.97 Å². The molecule has 0 amide bonds. The minimum atomic E-state index is -0.445. The third kappa shape index (κ3) is 4.02. The van der Waals surface area contributed by atoms with Crippen LogP contribution in [0.3, 0.4) is 0 Å². The van der Waals surface area contributed by atoms with Gasteiger partial charge in [0.25, 0.3) is 0 Å². The normalized spacial score (nSPS) is 11.4. The highest BCUT2D eigenvalue weighted by molar-refractivity contribution is 7.19. The summed E-state index contributed by atoms with van der Waals surface area (Å²) in [7, 11) is 0. The monoisotopic (exact) mass is 343 g/mol. The van der Waals surface area contributed by atoms with Crippen LogP contribution in [0.1, 0.15) is 30.6 Å². The first-order chi connectivity index (χ1) is 11.8. The highest BCUT2D eigenvalue weighted by Crippen LogP contribution is 2.22. The Hall–Kier alpha value is -2.61. The number of tetrazole rings is 1. The molecule has 0 N–H and O–H groups in total. The molecule has 0 aliphatic carbocycles. The summed E-state index contributed by atoms with van der Waals surface area (Å²) in [6, 6.07) is 7.84. The number of thiazole rings is 1. The predicted octanol–water partition coefficient (Wildman–Crippen LogP) is 2.84. The van der Waals surface area contributed by atoms with Gasteiger partial charge in [0.1, 0.15) is 5.01 Å². The smallest absolute Gasteiger partial charge is 0.331 e. The number of hydrogen-bond acceptors (Lipinski definition) is 7. The molecule has 7 nitrogen and oxygen atoms in total. The summed E-state index contributed by atoms with van der Waals surface area (Å²) in [6.45, 7) is 2.87. The maximum atomic E-state index is 11.8. The summed E-state index contributed by atoms with van der Waals surface area (Å²) in [5, 5.41) is 12.1. The Morgan fingerprint density at radius 2 is 2.25 bits per heavy atom. The topological polar surface area (TPSA) is 82.8 Å². The van der Waals surface area contributed by atoms with Crippen LogP contribution in [-0.4, -0.2) is 31.2 Å². The molecule has 0 aliphatic rings. The number of aryl methyl sites for hydroxylation is 1. The number of fused-ring (bicyclic) bond motifs is 1. The van der Waals surface area contributed by atoms with Crippen LogP contribution < -0.4 is 0 Å². The Morgan fingerprint density at radius 1 is 1.38 bits per heavy atom. The molecule has 0 atom stereocenters. The summed E-state index contributed by atoms with van der Waals surface area (Å²) in [5.74, 6) is 0.101. The Kier molecular flexibility index (Phi) is 5.27. The SMILES string of the molecule is CCCCn1nnnc1COC(=O)/C=C/c1nc2ccccc2s1. The van der Waals surface area contributed by atoms with Crippen molar-refractivity contribution in [2.24, 2.45) is 0 Å². The summed E-state index contributed by atoms with van der Waals surface area (Å²) >= 11 is 1.52. The number of rotatable bonds is 7. The quantitative estimate of drug-likeness (QED) is 0.484. The minimum absolute atomic E-state index is 0.0553. The number of para-hydroxylation sites is 1. The minimum Gasteiger partial charge on any atom is -0.454 e. The van der Waals surface area contributed by atoms with Crippen molar-refractivity contribution >= 4 is 33.6 Å². The van der Waals surface area contributed by atoms with Gasteiger partial charge in [-0.1, -0.05) is 25.5 Å². The van der Waals surface area contributed by atoms with Crippen LogP contribution >= 0.6 is 11.3 Å². The highest BCUT2D eigenvalue weighted by atomic mass is 32.1. The van der Waals surface area contributed by atoms with E-state index in [0.717, 1.165) is 34.6 Å². The van der Waals surface area contributed by atoms with Crippen LogP contribution in [0.2, 0.25) is 0 Å². The fraction of sp³-hybridized carbons (Fsp3) is 0.312. The number of nitrogens with zero attached hydrogens (tertiary/aromatic N) is 5. The van der Waals surface area contributed by atoms with Crippen LogP contribution in [0.15, 0.2) is 30.3 Å². The van der Waals surface area contributed by atoms with E-state index in [9.17, 15) is 4.79 Å². The fourth-order valence-corrected chi connectivity index (χ4v) is 2.96. The van der Waals surface area contributed by atoms with Gasteiger partial charge in [0, 0.05) is 12.6 Å². The average Bonchev–Trinajstić information content (AvgIpc) is 3.22. The predicted molar refractivity (Wildman–Crippen MR) is 91.2 cm³/mol. The number of hydrogen-bond donors (Lipinski definition) is 0. The molecular formula is C16H17N5O2S. The van der Waals surface area contributed by atoms with E-state index in [4.69, 9.17) is 4.74 Å². The highest BCUT2D eigenvalue weighted by Gasteiger charge is 2.08. The maximum absolute atomic E-state index is 11.8. The number of carbonyl (C=O) groups excluding carboxylic acids is 1. The molecule has 1 aromatic carbocycles. The molecule has 0 saturated heterocycles. The summed E-state index contributed by atoms with van der Waals surface area (Å²) in [4.78, 5) is 16.3. The summed E-state index contributed by atoms with van der Waals surface area (Å²) in [5.41, 5.74) is 0.922. The molecule has 0 spiro atoms.